The van der Waals surface area contributed by atoms with Crippen molar-refractivity contribution in [2.75, 3.05) is 18.7 Å². The number of ether oxygens (including phenoxy) is 1. The lowest BCUT2D eigenvalue weighted by molar-refractivity contribution is 0.409. The van der Waals surface area contributed by atoms with Gasteiger partial charge in [0, 0.05) is 22.4 Å². The molecule has 1 atom stereocenters. The molecule has 0 aliphatic carbocycles. The number of nitrogens with zero attached hydrogens (tertiary/aromatic N) is 3. The van der Waals surface area contributed by atoms with Gasteiger partial charge in [0.15, 0.2) is 21.3 Å². The summed E-state index contributed by atoms with van der Waals surface area (Å²) in [6.07, 6.45) is 4.20. The summed E-state index contributed by atoms with van der Waals surface area (Å²) < 4.78 is 29.5. The van der Waals surface area contributed by atoms with Gasteiger partial charge < -0.3 is 15.0 Å². The van der Waals surface area contributed by atoms with Gasteiger partial charge in [-0.25, -0.2) is 23.4 Å². The standard InChI is InChI=1S/C22H22ClN5O3S/c1-12-17(23)9-16(13(2)28-22-19-21(25-10-24-19)26-11-27-22)20(31-3)18(12)14-5-7-15(8-6-14)32(4,29)30/h5-11,13H,1-4H3,(H2,24,25,26,27,28)/t13-/m1/s1. The van der Waals surface area contributed by atoms with Crippen molar-refractivity contribution >= 4 is 38.4 Å². The van der Waals surface area contributed by atoms with Crippen molar-refractivity contribution in [3.05, 3.63) is 59.1 Å². The Balaban J connectivity index is 1.80. The minimum Gasteiger partial charge on any atom is -0.496 e. The smallest absolute Gasteiger partial charge is 0.182 e. The number of aromatic nitrogens is 4. The van der Waals surface area contributed by atoms with Crippen LogP contribution in [0.4, 0.5) is 5.82 Å². The van der Waals surface area contributed by atoms with E-state index < -0.39 is 9.84 Å². The van der Waals surface area contributed by atoms with E-state index in [9.17, 15) is 8.42 Å². The van der Waals surface area contributed by atoms with E-state index in [0.717, 1.165) is 22.3 Å². The van der Waals surface area contributed by atoms with Crippen LogP contribution in [-0.4, -0.2) is 41.7 Å². The number of benzene rings is 2. The molecule has 0 spiro atoms. The lowest BCUT2D eigenvalue weighted by atomic mass is 9.94. The summed E-state index contributed by atoms with van der Waals surface area (Å²) in [4.78, 5) is 15.9. The number of halogens is 1. The molecule has 2 aromatic heterocycles. The lowest BCUT2D eigenvalue weighted by Gasteiger charge is -2.23. The third kappa shape index (κ3) is 4.01. The zero-order chi connectivity index (χ0) is 23.0. The Hall–Kier alpha value is -3.17. The highest BCUT2D eigenvalue weighted by Crippen LogP contribution is 2.43. The number of hydrogen-bond donors (Lipinski definition) is 2. The number of nitrogens with one attached hydrogen (secondary N) is 2. The van der Waals surface area contributed by atoms with Crippen LogP contribution in [-0.2, 0) is 9.84 Å². The zero-order valence-corrected chi connectivity index (χ0v) is 19.5. The van der Waals surface area contributed by atoms with Gasteiger partial charge in [0.2, 0.25) is 0 Å². The lowest BCUT2D eigenvalue weighted by Crippen LogP contribution is -2.11. The third-order valence-corrected chi connectivity index (χ3v) is 6.84. The van der Waals surface area contributed by atoms with Crippen molar-refractivity contribution in [1.29, 1.82) is 0 Å². The number of fused-ring (bicyclic) bond motifs is 1. The monoisotopic (exact) mass is 471 g/mol. The number of anilines is 1. The highest BCUT2D eigenvalue weighted by atomic mass is 35.5. The van der Waals surface area contributed by atoms with Gasteiger partial charge in [0.05, 0.1) is 24.4 Å². The van der Waals surface area contributed by atoms with Gasteiger partial charge in [-0.2, -0.15) is 0 Å². The summed E-state index contributed by atoms with van der Waals surface area (Å²) in [5.41, 5.74) is 4.54. The van der Waals surface area contributed by atoms with Crippen LogP contribution in [0.25, 0.3) is 22.3 Å². The Morgan fingerprint density at radius 2 is 1.88 bits per heavy atom. The predicted molar refractivity (Wildman–Crippen MR) is 125 cm³/mol. The van der Waals surface area contributed by atoms with Gasteiger partial charge in [-0.3, -0.25) is 0 Å². The van der Waals surface area contributed by atoms with E-state index in [0.29, 0.717) is 27.8 Å². The second-order valence-corrected chi connectivity index (χ2v) is 9.89. The minimum atomic E-state index is -3.29. The molecule has 0 aliphatic heterocycles. The molecule has 0 radical (unpaired) electrons. The number of imidazole rings is 1. The Morgan fingerprint density at radius 3 is 2.53 bits per heavy atom. The number of hydrogen-bond acceptors (Lipinski definition) is 7. The van der Waals surface area contributed by atoms with E-state index in [2.05, 4.69) is 25.3 Å². The maximum Gasteiger partial charge on any atom is 0.182 e. The molecule has 0 saturated heterocycles. The summed E-state index contributed by atoms with van der Waals surface area (Å²) in [6, 6.07) is 8.34. The van der Waals surface area contributed by atoms with Crippen LogP contribution in [0.3, 0.4) is 0 Å². The average Bonchev–Trinajstić information content (AvgIpc) is 3.24. The molecule has 166 valence electrons. The largest absolute Gasteiger partial charge is 0.496 e. The van der Waals surface area contributed by atoms with E-state index in [-0.39, 0.29) is 10.9 Å². The first-order valence-electron chi connectivity index (χ1n) is 9.78. The number of rotatable bonds is 6. The van der Waals surface area contributed by atoms with Crippen LogP contribution in [0.15, 0.2) is 47.9 Å². The second-order valence-electron chi connectivity index (χ2n) is 7.47. The van der Waals surface area contributed by atoms with Gasteiger partial charge in [-0.1, -0.05) is 23.7 Å². The summed E-state index contributed by atoms with van der Waals surface area (Å²) in [5.74, 6) is 1.26. The minimum absolute atomic E-state index is 0.224. The molecule has 32 heavy (non-hydrogen) atoms. The third-order valence-electron chi connectivity index (χ3n) is 5.32. The van der Waals surface area contributed by atoms with Crippen molar-refractivity contribution in [3.8, 4) is 16.9 Å². The molecule has 0 saturated carbocycles. The van der Waals surface area contributed by atoms with Gasteiger partial charge in [-0.15, -0.1) is 0 Å². The average molecular weight is 472 g/mol. The zero-order valence-electron chi connectivity index (χ0n) is 18.0. The molecule has 0 bridgehead atoms. The van der Waals surface area contributed by atoms with E-state index in [4.69, 9.17) is 16.3 Å². The normalized spacial score (nSPS) is 12.7. The molecule has 2 N–H and O–H groups in total. The summed E-state index contributed by atoms with van der Waals surface area (Å²) in [7, 11) is -1.69. The first kappa shape index (κ1) is 22.0. The molecule has 2 heterocycles. The van der Waals surface area contributed by atoms with E-state index in [1.807, 2.05) is 19.9 Å². The van der Waals surface area contributed by atoms with Gasteiger partial charge in [0.1, 0.15) is 17.6 Å². The fourth-order valence-corrected chi connectivity index (χ4v) is 4.50. The maximum atomic E-state index is 11.8. The van der Waals surface area contributed by atoms with Crippen LogP contribution in [0.1, 0.15) is 24.1 Å². The van der Waals surface area contributed by atoms with E-state index in [1.165, 1.54) is 12.6 Å². The van der Waals surface area contributed by atoms with Crippen LogP contribution >= 0.6 is 11.6 Å². The van der Waals surface area contributed by atoms with Gasteiger partial charge in [0.25, 0.3) is 0 Å². The Labute approximate surface area is 191 Å². The number of H-pyrrole nitrogens is 1. The topological polar surface area (TPSA) is 110 Å². The molecule has 8 nitrogen and oxygen atoms in total. The predicted octanol–water partition coefficient (Wildman–Crippen LogP) is 4.57. The Bertz CT molecular complexity index is 1400. The summed E-state index contributed by atoms with van der Waals surface area (Å²) in [6.45, 7) is 3.88. The van der Waals surface area contributed by atoms with Gasteiger partial charge in [-0.05, 0) is 43.2 Å². The molecular formula is C22H22ClN5O3S. The van der Waals surface area contributed by atoms with Crippen LogP contribution < -0.4 is 10.1 Å². The summed E-state index contributed by atoms with van der Waals surface area (Å²) >= 11 is 6.61. The molecular weight excluding hydrogens is 450 g/mol. The highest BCUT2D eigenvalue weighted by molar-refractivity contribution is 7.90. The quantitative estimate of drug-likeness (QED) is 0.424. The maximum absolute atomic E-state index is 11.8. The molecule has 2 aromatic carbocycles. The molecule has 0 amide bonds. The molecule has 0 aliphatic rings. The molecule has 4 aromatic rings. The fraction of sp³-hybridized carbons (Fsp3) is 0.227. The fourth-order valence-electron chi connectivity index (χ4n) is 3.66. The van der Waals surface area contributed by atoms with Crippen LogP contribution in [0, 0.1) is 6.92 Å². The molecule has 0 fully saturated rings. The van der Waals surface area contributed by atoms with Crippen molar-refractivity contribution in [2.45, 2.75) is 24.8 Å². The number of sulfone groups is 1. The van der Waals surface area contributed by atoms with Crippen LogP contribution in [0.2, 0.25) is 5.02 Å². The second kappa shape index (κ2) is 8.40. The van der Waals surface area contributed by atoms with Crippen molar-refractivity contribution in [2.24, 2.45) is 0 Å². The van der Waals surface area contributed by atoms with Crippen LogP contribution in [0.5, 0.6) is 5.75 Å². The molecule has 4 rings (SSSR count). The summed E-state index contributed by atoms with van der Waals surface area (Å²) in [5, 5.41) is 3.95. The Morgan fingerprint density at radius 1 is 1.16 bits per heavy atom. The van der Waals surface area contributed by atoms with Crippen molar-refractivity contribution in [1.82, 2.24) is 19.9 Å². The number of aromatic amines is 1. The van der Waals surface area contributed by atoms with E-state index in [1.54, 1.807) is 37.7 Å². The number of methoxy groups -OCH3 is 1. The van der Waals surface area contributed by atoms with Crippen molar-refractivity contribution in [3.63, 3.8) is 0 Å². The first-order valence-corrected chi connectivity index (χ1v) is 12.1. The highest BCUT2D eigenvalue weighted by Gasteiger charge is 2.22. The Kier molecular flexibility index (Phi) is 5.79. The molecule has 0 unspecified atom stereocenters. The van der Waals surface area contributed by atoms with Crippen molar-refractivity contribution < 1.29 is 13.2 Å². The molecule has 10 heteroatoms. The SMILES string of the molecule is COc1c([C@@H](C)Nc2ncnc3nc[nH]c23)cc(Cl)c(C)c1-c1ccc(S(C)(=O)=O)cc1. The van der Waals surface area contributed by atoms with Gasteiger partial charge >= 0.3 is 0 Å². The first-order chi connectivity index (χ1) is 15.2. The van der Waals surface area contributed by atoms with E-state index >= 15 is 0 Å².